The van der Waals surface area contributed by atoms with Crippen LogP contribution in [-0.2, 0) is 13.0 Å². The fourth-order valence-corrected chi connectivity index (χ4v) is 3.34. The number of halogens is 2. The van der Waals surface area contributed by atoms with E-state index in [1.54, 1.807) is 16.8 Å². The summed E-state index contributed by atoms with van der Waals surface area (Å²) in [4.78, 5) is 9.14. The number of rotatable bonds is 7. The molecule has 2 aromatic heterocycles. The Balaban J connectivity index is 0.00000289. The molecule has 0 spiro atoms. The van der Waals surface area contributed by atoms with Gasteiger partial charge in [0.1, 0.15) is 5.82 Å². The summed E-state index contributed by atoms with van der Waals surface area (Å²) in [6, 6.07) is 18.4. The van der Waals surface area contributed by atoms with Gasteiger partial charge in [-0.25, -0.2) is 14.1 Å². The largest absolute Gasteiger partial charge is 0.357 e. The normalized spacial score (nSPS) is 11.2. The summed E-state index contributed by atoms with van der Waals surface area (Å²) < 4.78 is 14.9. The number of aliphatic imine (C=N–C) groups is 1. The minimum atomic E-state index is -0.254. The molecule has 2 heterocycles. The number of nitrogens with zero attached hydrogens (tertiary/aromatic N) is 4. The Hall–Kier alpha value is -3.01. The maximum Gasteiger partial charge on any atom is 0.191 e. The van der Waals surface area contributed by atoms with Gasteiger partial charge in [0.05, 0.1) is 23.4 Å². The average molecular weight is 544 g/mol. The van der Waals surface area contributed by atoms with Crippen molar-refractivity contribution in [2.45, 2.75) is 19.9 Å². The second-order valence-corrected chi connectivity index (χ2v) is 7.09. The Morgan fingerprint density at radius 3 is 2.66 bits per heavy atom. The van der Waals surface area contributed by atoms with Gasteiger partial charge in [0.25, 0.3) is 0 Å². The molecule has 0 amide bonds. The molecule has 6 nitrogen and oxygen atoms in total. The van der Waals surface area contributed by atoms with Crippen LogP contribution in [0.25, 0.3) is 16.6 Å². The lowest BCUT2D eigenvalue weighted by molar-refractivity contribution is 0.627. The molecule has 4 aromatic rings. The molecule has 8 heteroatoms. The van der Waals surface area contributed by atoms with E-state index in [9.17, 15) is 4.39 Å². The number of para-hydroxylation sites is 1. The summed E-state index contributed by atoms with van der Waals surface area (Å²) in [6.45, 7) is 4.09. The zero-order valence-corrected chi connectivity index (χ0v) is 20.2. The van der Waals surface area contributed by atoms with E-state index >= 15 is 0 Å². The Labute approximate surface area is 204 Å². The third-order valence-corrected chi connectivity index (χ3v) is 4.90. The molecular formula is C24H26FIN6. The Bertz CT molecular complexity index is 1170. The molecule has 0 aliphatic heterocycles. The quantitative estimate of drug-likeness (QED) is 0.205. The van der Waals surface area contributed by atoms with Gasteiger partial charge in [-0.2, -0.15) is 5.10 Å². The van der Waals surface area contributed by atoms with Gasteiger partial charge in [0, 0.05) is 37.3 Å². The first-order valence-corrected chi connectivity index (χ1v) is 10.4. The zero-order chi connectivity index (χ0) is 21.5. The average Bonchev–Trinajstić information content (AvgIpc) is 3.27. The van der Waals surface area contributed by atoms with Crippen molar-refractivity contribution in [2.24, 2.45) is 4.99 Å². The van der Waals surface area contributed by atoms with Crippen LogP contribution in [0.1, 0.15) is 18.2 Å². The fraction of sp³-hybridized carbons (Fsp3) is 0.208. The van der Waals surface area contributed by atoms with Crippen molar-refractivity contribution in [3.05, 3.63) is 90.1 Å². The first kappa shape index (κ1) is 23.6. The second kappa shape index (κ2) is 11.6. The number of aromatic nitrogens is 3. The number of hydrogen-bond acceptors (Lipinski definition) is 3. The van der Waals surface area contributed by atoms with Crippen LogP contribution in [0.5, 0.6) is 0 Å². The SMILES string of the molecule is CCNC(=NCc1ccnc2ccccc12)NCCc1ccn(-c2ccc(F)cc2)n1.I. The molecule has 4 rings (SSSR count). The van der Waals surface area contributed by atoms with Crippen molar-refractivity contribution >= 4 is 40.8 Å². The summed E-state index contributed by atoms with van der Waals surface area (Å²) in [6.07, 6.45) is 4.46. The Morgan fingerprint density at radius 1 is 1.03 bits per heavy atom. The Kier molecular flexibility index (Phi) is 8.55. The van der Waals surface area contributed by atoms with Gasteiger partial charge >= 0.3 is 0 Å². The fourth-order valence-electron chi connectivity index (χ4n) is 3.34. The molecule has 166 valence electrons. The molecule has 32 heavy (non-hydrogen) atoms. The number of fused-ring (bicyclic) bond motifs is 1. The minimum absolute atomic E-state index is 0. The lowest BCUT2D eigenvalue weighted by Crippen LogP contribution is -2.38. The first-order chi connectivity index (χ1) is 15.2. The van der Waals surface area contributed by atoms with E-state index < -0.39 is 0 Å². The topological polar surface area (TPSA) is 67.1 Å². The highest BCUT2D eigenvalue weighted by Gasteiger charge is 2.04. The van der Waals surface area contributed by atoms with Crippen LogP contribution < -0.4 is 10.6 Å². The molecule has 2 N–H and O–H groups in total. The van der Waals surface area contributed by atoms with E-state index in [1.165, 1.54) is 12.1 Å². The summed E-state index contributed by atoms with van der Waals surface area (Å²) in [7, 11) is 0. The van der Waals surface area contributed by atoms with Crippen molar-refractivity contribution in [1.82, 2.24) is 25.4 Å². The van der Waals surface area contributed by atoms with Crippen molar-refractivity contribution in [3.8, 4) is 5.69 Å². The van der Waals surface area contributed by atoms with Gasteiger partial charge in [0.15, 0.2) is 5.96 Å². The van der Waals surface area contributed by atoms with E-state index in [1.807, 2.05) is 49.6 Å². The van der Waals surface area contributed by atoms with Crippen LogP contribution in [0.2, 0.25) is 0 Å². The smallest absolute Gasteiger partial charge is 0.191 e. The number of pyridine rings is 1. The highest BCUT2D eigenvalue weighted by atomic mass is 127. The predicted octanol–water partition coefficient (Wildman–Crippen LogP) is 4.48. The molecule has 0 aliphatic carbocycles. The zero-order valence-electron chi connectivity index (χ0n) is 17.8. The van der Waals surface area contributed by atoms with Crippen LogP contribution in [0.15, 0.2) is 78.0 Å². The molecule has 0 saturated carbocycles. The van der Waals surface area contributed by atoms with Crippen molar-refractivity contribution in [3.63, 3.8) is 0 Å². The van der Waals surface area contributed by atoms with E-state index in [-0.39, 0.29) is 29.8 Å². The van der Waals surface area contributed by atoms with Crippen LogP contribution in [0.4, 0.5) is 4.39 Å². The van der Waals surface area contributed by atoms with Crippen LogP contribution in [-0.4, -0.2) is 33.8 Å². The van der Waals surface area contributed by atoms with Gasteiger partial charge in [-0.1, -0.05) is 18.2 Å². The summed E-state index contributed by atoms with van der Waals surface area (Å²) in [5, 5.41) is 12.3. The molecule has 0 fully saturated rings. The third kappa shape index (κ3) is 6.03. The summed E-state index contributed by atoms with van der Waals surface area (Å²) >= 11 is 0. The first-order valence-electron chi connectivity index (χ1n) is 10.4. The summed E-state index contributed by atoms with van der Waals surface area (Å²) in [5.74, 6) is 0.511. The van der Waals surface area contributed by atoms with Gasteiger partial charge in [-0.15, -0.1) is 24.0 Å². The minimum Gasteiger partial charge on any atom is -0.357 e. The van der Waals surface area contributed by atoms with Crippen LogP contribution >= 0.6 is 24.0 Å². The van der Waals surface area contributed by atoms with E-state index in [2.05, 4.69) is 26.8 Å². The lowest BCUT2D eigenvalue weighted by Gasteiger charge is -2.11. The number of nitrogens with one attached hydrogen (secondary N) is 2. The maximum absolute atomic E-state index is 13.1. The predicted molar refractivity (Wildman–Crippen MR) is 137 cm³/mol. The van der Waals surface area contributed by atoms with E-state index in [0.29, 0.717) is 13.1 Å². The highest BCUT2D eigenvalue weighted by molar-refractivity contribution is 14.0. The molecule has 0 aliphatic rings. The maximum atomic E-state index is 13.1. The van der Waals surface area contributed by atoms with Crippen molar-refractivity contribution < 1.29 is 4.39 Å². The number of guanidine groups is 1. The van der Waals surface area contributed by atoms with Gasteiger partial charge in [0.2, 0.25) is 0 Å². The van der Waals surface area contributed by atoms with Gasteiger partial charge < -0.3 is 10.6 Å². The molecule has 0 saturated heterocycles. The lowest BCUT2D eigenvalue weighted by atomic mass is 10.1. The molecule has 2 aromatic carbocycles. The van der Waals surface area contributed by atoms with Gasteiger partial charge in [-0.3, -0.25) is 4.98 Å². The van der Waals surface area contributed by atoms with Gasteiger partial charge in [-0.05, 0) is 55.0 Å². The number of hydrogen-bond donors (Lipinski definition) is 2. The molecule has 0 atom stereocenters. The second-order valence-electron chi connectivity index (χ2n) is 7.09. The molecule has 0 unspecified atom stereocenters. The van der Waals surface area contributed by atoms with Crippen LogP contribution in [0.3, 0.4) is 0 Å². The van der Waals surface area contributed by atoms with Crippen molar-refractivity contribution in [2.75, 3.05) is 13.1 Å². The molecule has 0 radical (unpaired) electrons. The summed E-state index contributed by atoms with van der Waals surface area (Å²) in [5.41, 5.74) is 3.90. The number of benzene rings is 2. The Morgan fingerprint density at radius 2 is 1.84 bits per heavy atom. The molecular weight excluding hydrogens is 518 g/mol. The van der Waals surface area contributed by atoms with E-state index in [4.69, 9.17) is 4.99 Å². The van der Waals surface area contributed by atoms with Crippen LogP contribution in [0, 0.1) is 5.82 Å². The molecule has 0 bridgehead atoms. The highest BCUT2D eigenvalue weighted by Crippen LogP contribution is 2.16. The van der Waals surface area contributed by atoms with Crippen molar-refractivity contribution in [1.29, 1.82) is 0 Å². The third-order valence-electron chi connectivity index (χ3n) is 4.90. The monoisotopic (exact) mass is 544 g/mol. The standard InChI is InChI=1S/C24H25FN6.HI/c1-2-26-24(29-17-18-11-14-27-23-6-4-3-5-22(18)23)28-15-12-20-13-16-31(30-20)21-9-7-19(25)8-10-21;/h3-11,13-14,16H,2,12,15,17H2,1H3,(H2,26,28,29);1H. The van der Waals surface area contributed by atoms with E-state index in [0.717, 1.165) is 46.8 Å².